The molecule has 3 atom stereocenters. The summed E-state index contributed by atoms with van der Waals surface area (Å²) in [6, 6.07) is 15.5. The number of hydrogen-bond donors (Lipinski definition) is 1. The topological polar surface area (TPSA) is 86.1 Å². The zero-order valence-corrected chi connectivity index (χ0v) is 16.2. The van der Waals surface area contributed by atoms with E-state index in [1.807, 2.05) is 18.2 Å². The van der Waals surface area contributed by atoms with Crippen molar-refractivity contribution >= 4 is 11.6 Å². The number of benzene rings is 2. The van der Waals surface area contributed by atoms with Gasteiger partial charge in [0.15, 0.2) is 0 Å². The van der Waals surface area contributed by atoms with E-state index in [9.17, 15) is 5.26 Å². The summed E-state index contributed by atoms with van der Waals surface area (Å²) in [5.74, 6) is 0.564. The van der Waals surface area contributed by atoms with Crippen LogP contribution in [0.15, 0.2) is 36.4 Å². The molecule has 1 heterocycles. The lowest BCUT2D eigenvalue weighted by Crippen LogP contribution is -2.49. The third-order valence-corrected chi connectivity index (χ3v) is 5.93. The largest absolute Gasteiger partial charge is 0.482 e. The first-order valence-electron chi connectivity index (χ1n) is 9.48. The first-order valence-corrected chi connectivity index (χ1v) is 9.85. The smallest absolute Gasteiger partial charge is 0.140 e. The number of likely N-dealkylation sites (tertiary alicyclic amines) is 1. The summed E-state index contributed by atoms with van der Waals surface area (Å²) in [7, 11) is 0. The molecule has 2 aromatic rings. The molecule has 2 aromatic carbocycles. The minimum Gasteiger partial charge on any atom is -0.482 e. The number of ether oxygens (including phenoxy) is 1. The Bertz CT molecular complexity index is 977. The van der Waals surface area contributed by atoms with E-state index in [1.54, 1.807) is 18.2 Å². The van der Waals surface area contributed by atoms with Gasteiger partial charge in [-0.15, -0.1) is 0 Å². The Labute approximate surface area is 169 Å². The van der Waals surface area contributed by atoms with Crippen LogP contribution in [0.5, 0.6) is 5.75 Å². The van der Waals surface area contributed by atoms with Gasteiger partial charge in [0.2, 0.25) is 0 Å². The summed E-state index contributed by atoms with van der Waals surface area (Å²) < 4.78 is 6.40. The first kappa shape index (κ1) is 18.8. The highest BCUT2D eigenvalue weighted by atomic mass is 35.5. The maximum atomic E-state index is 9.25. The van der Waals surface area contributed by atoms with E-state index in [2.05, 4.69) is 17.0 Å². The molecule has 5 nitrogen and oxygen atoms in total. The van der Waals surface area contributed by atoms with Crippen molar-refractivity contribution in [3.8, 4) is 17.9 Å². The van der Waals surface area contributed by atoms with Crippen molar-refractivity contribution in [2.24, 2.45) is 5.73 Å². The molecular weight excluding hydrogens is 372 g/mol. The van der Waals surface area contributed by atoms with E-state index in [1.165, 1.54) is 0 Å². The van der Waals surface area contributed by atoms with Crippen LogP contribution in [-0.4, -0.2) is 30.1 Å². The number of rotatable bonds is 3. The molecule has 28 heavy (non-hydrogen) atoms. The predicted octanol–water partition coefficient (Wildman–Crippen LogP) is 3.55. The second-order valence-corrected chi connectivity index (χ2v) is 7.90. The predicted molar refractivity (Wildman–Crippen MR) is 107 cm³/mol. The van der Waals surface area contributed by atoms with Crippen LogP contribution in [0.1, 0.15) is 41.2 Å². The maximum absolute atomic E-state index is 9.25. The first-order chi connectivity index (χ1) is 13.6. The fraction of sp³-hybridized carbons (Fsp3) is 0.364. The summed E-state index contributed by atoms with van der Waals surface area (Å²) in [6.45, 7) is 1.82. The Morgan fingerprint density at radius 3 is 2.57 bits per heavy atom. The molecule has 0 amide bonds. The monoisotopic (exact) mass is 392 g/mol. The van der Waals surface area contributed by atoms with Crippen molar-refractivity contribution in [3.05, 3.63) is 63.7 Å². The Morgan fingerprint density at radius 1 is 1.11 bits per heavy atom. The quantitative estimate of drug-likeness (QED) is 0.863. The minimum atomic E-state index is -0.196. The summed E-state index contributed by atoms with van der Waals surface area (Å²) in [6.07, 6.45) is 2.73. The van der Waals surface area contributed by atoms with Gasteiger partial charge in [0.1, 0.15) is 11.9 Å². The average Bonchev–Trinajstić information content (AvgIpc) is 3.07. The van der Waals surface area contributed by atoms with Crippen molar-refractivity contribution in [1.29, 1.82) is 10.5 Å². The molecule has 1 saturated heterocycles. The highest BCUT2D eigenvalue weighted by molar-refractivity contribution is 6.32. The van der Waals surface area contributed by atoms with E-state index in [0.29, 0.717) is 21.9 Å². The zero-order valence-electron chi connectivity index (χ0n) is 15.4. The molecule has 0 unspecified atom stereocenters. The lowest BCUT2D eigenvalue weighted by atomic mass is 10.0. The van der Waals surface area contributed by atoms with E-state index in [-0.39, 0.29) is 18.2 Å². The number of nitrogens with zero attached hydrogens (tertiary/aromatic N) is 3. The molecule has 0 radical (unpaired) electrons. The van der Waals surface area contributed by atoms with Crippen LogP contribution < -0.4 is 10.5 Å². The van der Waals surface area contributed by atoms with Gasteiger partial charge in [-0.3, -0.25) is 4.90 Å². The molecule has 0 spiro atoms. The van der Waals surface area contributed by atoms with Crippen molar-refractivity contribution in [2.45, 2.75) is 37.5 Å². The molecule has 1 aliphatic carbocycles. The normalized spacial score (nSPS) is 24.2. The Hall–Kier alpha value is -2.57. The highest BCUT2D eigenvalue weighted by Crippen LogP contribution is 2.41. The van der Waals surface area contributed by atoms with Crippen molar-refractivity contribution in [1.82, 2.24) is 4.90 Å². The molecule has 2 aliphatic rings. The summed E-state index contributed by atoms with van der Waals surface area (Å²) >= 11 is 6.37. The molecule has 2 N–H and O–H groups in total. The lowest BCUT2D eigenvalue weighted by molar-refractivity contribution is 0.0594. The second-order valence-electron chi connectivity index (χ2n) is 7.49. The van der Waals surface area contributed by atoms with E-state index in [4.69, 9.17) is 27.3 Å². The second kappa shape index (κ2) is 7.81. The van der Waals surface area contributed by atoms with E-state index in [0.717, 1.165) is 43.5 Å². The average molecular weight is 393 g/mol. The van der Waals surface area contributed by atoms with Crippen LogP contribution in [0.3, 0.4) is 0 Å². The van der Waals surface area contributed by atoms with Gasteiger partial charge in [-0.05, 0) is 67.3 Å². The molecular formula is C22H21ClN4O. The number of nitriles is 2. The third kappa shape index (κ3) is 3.57. The Kier molecular flexibility index (Phi) is 5.24. The summed E-state index contributed by atoms with van der Waals surface area (Å²) in [5, 5.41) is 18.7. The van der Waals surface area contributed by atoms with Gasteiger partial charge in [-0.2, -0.15) is 10.5 Å². The Balaban J connectivity index is 1.68. The van der Waals surface area contributed by atoms with E-state index >= 15 is 0 Å². The van der Waals surface area contributed by atoms with Gasteiger partial charge in [-0.25, -0.2) is 0 Å². The summed E-state index contributed by atoms with van der Waals surface area (Å²) in [4.78, 5) is 2.41. The molecule has 0 aromatic heterocycles. The van der Waals surface area contributed by atoms with Crippen molar-refractivity contribution in [3.63, 3.8) is 0 Å². The van der Waals surface area contributed by atoms with Crippen molar-refractivity contribution in [2.75, 3.05) is 13.1 Å². The van der Waals surface area contributed by atoms with Gasteiger partial charge in [0, 0.05) is 12.6 Å². The van der Waals surface area contributed by atoms with Crippen LogP contribution in [-0.2, 0) is 6.42 Å². The molecule has 0 saturated carbocycles. The molecule has 0 bridgehead atoms. The number of piperidine rings is 1. The molecule has 142 valence electrons. The highest BCUT2D eigenvalue weighted by Gasteiger charge is 2.39. The zero-order chi connectivity index (χ0) is 19.7. The minimum absolute atomic E-state index is 0.141. The number of halogens is 1. The number of fused-ring (bicyclic) bond motifs is 1. The van der Waals surface area contributed by atoms with Crippen LogP contribution in [0.25, 0.3) is 0 Å². The van der Waals surface area contributed by atoms with Gasteiger partial charge >= 0.3 is 0 Å². The van der Waals surface area contributed by atoms with Crippen molar-refractivity contribution < 1.29 is 4.74 Å². The van der Waals surface area contributed by atoms with Crippen LogP contribution in [0.2, 0.25) is 5.02 Å². The third-order valence-electron chi connectivity index (χ3n) is 5.63. The SMILES string of the molecule is N#Cc1ccc(O[C@@H]2c3ccc(C#N)cc3C[C@H]2N2CCC[C@@H](N)C2)c(Cl)c1. The van der Waals surface area contributed by atoms with Crippen LogP contribution >= 0.6 is 11.6 Å². The molecule has 4 rings (SSSR count). The maximum Gasteiger partial charge on any atom is 0.140 e. The molecule has 1 aliphatic heterocycles. The molecule has 1 fully saturated rings. The summed E-state index contributed by atoms with van der Waals surface area (Å²) in [5.41, 5.74) is 9.60. The van der Waals surface area contributed by atoms with Gasteiger partial charge < -0.3 is 10.5 Å². The van der Waals surface area contributed by atoms with Gasteiger partial charge in [0.25, 0.3) is 0 Å². The fourth-order valence-electron chi connectivity index (χ4n) is 4.28. The van der Waals surface area contributed by atoms with Gasteiger partial charge in [-0.1, -0.05) is 17.7 Å². The van der Waals surface area contributed by atoms with Crippen LogP contribution in [0, 0.1) is 22.7 Å². The molecule has 6 heteroatoms. The fourth-order valence-corrected chi connectivity index (χ4v) is 4.50. The standard InChI is InChI=1S/C22H21ClN4O/c23-19-9-15(12-25)4-6-21(19)28-22-18-5-3-14(11-24)8-16(18)10-20(22)27-7-1-2-17(26)13-27/h3-6,8-9,17,20,22H,1-2,7,10,13,26H2/t17-,20-,22-/m1/s1. The van der Waals surface area contributed by atoms with E-state index < -0.39 is 0 Å². The number of hydrogen-bond acceptors (Lipinski definition) is 5. The Morgan fingerprint density at radius 2 is 1.86 bits per heavy atom. The lowest BCUT2D eigenvalue weighted by Gasteiger charge is -2.38. The van der Waals surface area contributed by atoms with Gasteiger partial charge in [0.05, 0.1) is 34.3 Å². The van der Waals surface area contributed by atoms with Crippen LogP contribution in [0.4, 0.5) is 0 Å². The number of nitrogens with two attached hydrogens (primary N) is 1.